The van der Waals surface area contributed by atoms with Crippen molar-refractivity contribution in [1.82, 2.24) is 16.0 Å². The lowest BCUT2D eigenvalue weighted by Crippen LogP contribution is -2.42. The van der Waals surface area contributed by atoms with E-state index < -0.39 is 5.97 Å². The number of hydrogen-bond acceptors (Lipinski definition) is 6. The normalized spacial score (nSPS) is 24.7. The molecule has 3 rings (SSSR count). The van der Waals surface area contributed by atoms with E-state index in [-0.39, 0.29) is 29.3 Å². The fourth-order valence-corrected chi connectivity index (χ4v) is 2.94. The molecule has 7 heteroatoms. The van der Waals surface area contributed by atoms with Crippen LogP contribution in [0.2, 0.25) is 0 Å². The highest BCUT2D eigenvalue weighted by atomic mass is 16.5. The van der Waals surface area contributed by atoms with Crippen LogP contribution in [0.15, 0.2) is 23.2 Å². The first-order valence-corrected chi connectivity index (χ1v) is 8.13. The summed E-state index contributed by atoms with van der Waals surface area (Å²) in [5.41, 5.74) is 0.867. The van der Waals surface area contributed by atoms with Crippen molar-refractivity contribution in [2.45, 2.75) is 38.2 Å². The predicted molar refractivity (Wildman–Crippen MR) is 84.5 cm³/mol. The number of amides is 1. The highest BCUT2D eigenvalue weighted by Gasteiger charge is 2.28. The molecule has 0 aromatic heterocycles. The zero-order valence-electron chi connectivity index (χ0n) is 13.0. The molecular weight excluding hydrogens is 296 g/mol. The smallest absolute Gasteiger partial charge is 0.343 e. The molecule has 4 N–H and O–H groups in total. The summed E-state index contributed by atoms with van der Waals surface area (Å²) in [4.78, 5) is 24.2. The molecule has 0 spiro atoms. The maximum absolute atomic E-state index is 12.2. The van der Waals surface area contributed by atoms with Gasteiger partial charge in [0, 0.05) is 23.9 Å². The van der Waals surface area contributed by atoms with Crippen molar-refractivity contribution in [2.24, 2.45) is 5.92 Å². The topological polar surface area (TPSA) is 103 Å². The van der Waals surface area contributed by atoms with E-state index in [1.54, 1.807) is 0 Å². The van der Waals surface area contributed by atoms with Crippen LogP contribution in [0.1, 0.15) is 32.1 Å². The van der Waals surface area contributed by atoms with Crippen molar-refractivity contribution < 1.29 is 14.3 Å². The van der Waals surface area contributed by atoms with Crippen molar-refractivity contribution in [2.75, 3.05) is 13.1 Å². The lowest BCUT2D eigenvalue weighted by atomic mass is 9.93. The van der Waals surface area contributed by atoms with Crippen molar-refractivity contribution in [3.05, 3.63) is 23.2 Å². The third-order valence-electron chi connectivity index (χ3n) is 4.54. The highest BCUT2D eigenvalue weighted by molar-refractivity contribution is 6.10. The molecule has 2 fully saturated rings. The lowest BCUT2D eigenvalue weighted by Gasteiger charge is -2.30. The van der Waals surface area contributed by atoms with E-state index in [1.165, 1.54) is 6.08 Å². The Hall–Kier alpha value is -2.15. The highest BCUT2D eigenvalue weighted by Crippen LogP contribution is 2.24. The lowest BCUT2D eigenvalue weighted by molar-refractivity contribution is -0.147. The number of rotatable bonds is 4. The van der Waals surface area contributed by atoms with Crippen LogP contribution in [0.25, 0.3) is 0 Å². The van der Waals surface area contributed by atoms with Gasteiger partial charge in [-0.05, 0) is 45.2 Å². The van der Waals surface area contributed by atoms with E-state index in [4.69, 9.17) is 10.1 Å². The maximum atomic E-state index is 12.2. The molecule has 1 saturated carbocycles. The summed E-state index contributed by atoms with van der Waals surface area (Å²) in [6.45, 7) is 1.82. The van der Waals surface area contributed by atoms with Gasteiger partial charge < -0.3 is 26.1 Å². The van der Waals surface area contributed by atoms with E-state index in [1.807, 2.05) is 0 Å². The Labute approximate surface area is 135 Å². The van der Waals surface area contributed by atoms with Gasteiger partial charge in [-0.1, -0.05) is 0 Å². The quantitative estimate of drug-likeness (QED) is 0.344. The number of hydrogen-bond donors (Lipinski definition) is 4. The first kappa shape index (κ1) is 15.7. The van der Waals surface area contributed by atoms with Gasteiger partial charge in [-0.2, -0.15) is 0 Å². The zero-order valence-corrected chi connectivity index (χ0v) is 13.0. The molecule has 1 saturated heterocycles. The second kappa shape index (κ2) is 6.95. The maximum Gasteiger partial charge on any atom is 0.343 e. The second-order valence-corrected chi connectivity index (χ2v) is 6.13. The van der Waals surface area contributed by atoms with Gasteiger partial charge in [-0.3, -0.25) is 4.79 Å². The summed E-state index contributed by atoms with van der Waals surface area (Å²) < 4.78 is 5.34. The number of esters is 1. The molecule has 2 aliphatic heterocycles. The molecule has 0 aromatic rings. The van der Waals surface area contributed by atoms with E-state index >= 15 is 0 Å². The molecule has 1 aliphatic carbocycles. The molecule has 0 radical (unpaired) electrons. The van der Waals surface area contributed by atoms with E-state index in [9.17, 15) is 9.59 Å². The first-order valence-electron chi connectivity index (χ1n) is 8.13. The second-order valence-electron chi connectivity index (χ2n) is 6.13. The minimum Gasteiger partial charge on any atom is -0.459 e. The molecular formula is C16H22N4O3. The summed E-state index contributed by atoms with van der Waals surface area (Å²) in [6.07, 6.45) is 7.09. The summed E-state index contributed by atoms with van der Waals surface area (Å²) >= 11 is 0. The van der Waals surface area contributed by atoms with Crippen LogP contribution in [0.5, 0.6) is 0 Å². The minimum atomic E-state index is -0.556. The van der Waals surface area contributed by atoms with Gasteiger partial charge in [0.2, 0.25) is 0 Å². The number of nitrogens with one attached hydrogen (secondary N) is 4. The van der Waals surface area contributed by atoms with Crippen LogP contribution in [0.3, 0.4) is 0 Å². The molecule has 124 valence electrons. The molecule has 0 bridgehead atoms. The average Bonchev–Trinajstić information content (AvgIpc) is 2.52. The van der Waals surface area contributed by atoms with Crippen LogP contribution in [-0.2, 0) is 14.3 Å². The summed E-state index contributed by atoms with van der Waals surface area (Å²) in [5.74, 6) is -0.320. The summed E-state index contributed by atoms with van der Waals surface area (Å²) in [7, 11) is 0. The Bertz CT molecular complexity index is 572. The Kier molecular flexibility index (Phi) is 4.76. The Morgan fingerprint density at radius 3 is 2.57 bits per heavy atom. The van der Waals surface area contributed by atoms with Gasteiger partial charge in [-0.15, -0.1) is 0 Å². The van der Waals surface area contributed by atoms with Crippen molar-refractivity contribution >= 4 is 18.1 Å². The Morgan fingerprint density at radius 1 is 1.22 bits per heavy atom. The van der Waals surface area contributed by atoms with Crippen molar-refractivity contribution in [1.29, 1.82) is 5.41 Å². The largest absolute Gasteiger partial charge is 0.459 e. The molecule has 23 heavy (non-hydrogen) atoms. The Morgan fingerprint density at radius 2 is 1.96 bits per heavy atom. The van der Waals surface area contributed by atoms with Gasteiger partial charge in [0.15, 0.2) is 0 Å². The van der Waals surface area contributed by atoms with Crippen LogP contribution in [-0.4, -0.2) is 37.3 Å². The third-order valence-corrected chi connectivity index (χ3v) is 4.54. The number of piperidine rings is 1. The minimum absolute atomic E-state index is 0.0585. The van der Waals surface area contributed by atoms with Gasteiger partial charge in [0.05, 0.1) is 0 Å². The van der Waals surface area contributed by atoms with Crippen LogP contribution in [0, 0.1) is 11.3 Å². The van der Waals surface area contributed by atoms with Crippen molar-refractivity contribution in [3.8, 4) is 0 Å². The number of ether oxygens (including phenoxy) is 1. The predicted octanol–water partition coefficient (Wildman–Crippen LogP) is 0.546. The zero-order chi connectivity index (χ0) is 16.2. The fraction of sp³-hybridized carbons (Fsp3) is 0.562. The first-order chi connectivity index (χ1) is 11.2. The monoisotopic (exact) mass is 318 g/mol. The van der Waals surface area contributed by atoms with Crippen LogP contribution in [0.4, 0.5) is 0 Å². The van der Waals surface area contributed by atoms with Crippen LogP contribution < -0.4 is 16.0 Å². The molecule has 1 amide bonds. The third kappa shape index (κ3) is 3.61. The van der Waals surface area contributed by atoms with Gasteiger partial charge in [-0.25, -0.2) is 4.79 Å². The summed E-state index contributed by atoms with van der Waals surface area (Å²) in [5, 5.41) is 16.5. The average molecular weight is 318 g/mol. The van der Waals surface area contributed by atoms with E-state index in [2.05, 4.69) is 16.0 Å². The SMILES string of the molecule is N=C/C(C(=O)OC1CCC1)=C1/NC(=O)C=C(C2CCNCC2)N1. The van der Waals surface area contributed by atoms with E-state index in [0.717, 1.165) is 57.1 Å². The standard InChI is InChI=1S/C16H22N4O3/c17-9-12(16(22)23-11-2-1-3-11)15-19-13(8-14(21)20-15)10-4-6-18-7-5-10/h8-11,17-19H,1-7H2,(H,20,21)/b15-12-,17-9?. The number of allylic oxidation sites excluding steroid dienone is 1. The summed E-state index contributed by atoms with van der Waals surface area (Å²) in [6, 6.07) is 0. The molecule has 0 unspecified atom stereocenters. The van der Waals surface area contributed by atoms with Gasteiger partial charge >= 0.3 is 5.97 Å². The number of carbonyl (C=O) groups excluding carboxylic acids is 2. The van der Waals surface area contributed by atoms with E-state index in [0.29, 0.717) is 0 Å². The molecule has 3 aliphatic rings. The molecule has 0 atom stereocenters. The number of carbonyl (C=O) groups is 2. The van der Waals surface area contributed by atoms with Crippen LogP contribution >= 0.6 is 0 Å². The van der Waals surface area contributed by atoms with Gasteiger partial charge in [0.25, 0.3) is 5.91 Å². The molecule has 0 aromatic carbocycles. The Balaban J connectivity index is 1.76. The molecule has 2 heterocycles. The van der Waals surface area contributed by atoms with Gasteiger partial charge in [0.1, 0.15) is 17.5 Å². The molecule has 7 nitrogen and oxygen atoms in total. The fourth-order valence-electron chi connectivity index (χ4n) is 2.94. The van der Waals surface area contributed by atoms with Crippen molar-refractivity contribution in [3.63, 3.8) is 0 Å².